The van der Waals surface area contributed by atoms with Crippen molar-refractivity contribution in [2.75, 3.05) is 18.0 Å². The fourth-order valence-electron chi connectivity index (χ4n) is 1.89. The largest absolute Gasteiger partial charge is 0.478 e. The Bertz CT molecular complexity index is 468. The molecule has 0 aliphatic carbocycles. The van der Waals surface area contributed by atoms with Crippen LogP contribution in [0.1, 0.15) is 28.9 Å². The number of rotatable bonds is 2. The number of carboxylic acid groups (broad SMARTS) is 1. The first-order valence-corrected chi connectivity index (χ1v) is 5.45. The molecule has 0 spiro atoms. The molecule has 0 atom stereocenters. The summed E-state index contributed by atoms with van der Waals surface area (Å²) in [5.74, 6) is -1.30. The van der Waals surface area contributed by atoms with E-state index in [0.29, 0.717) is 19.2 Å². The second kappa shape index (κ2) is 4.47. The maximum absolute atomic E-state index is 12.6. The van der Waals surface area contributed by atoms with Crippen LogP contribution in [0.3, 0.4) is 0 Å². The number of aromatic nitrogens is 1. The Morgan fingerprint density at radius 1 is 1.28 bits per heavy atom. The van der Waals surface area contributed by atoms with Crippen LogP contribution < -0.4 is 4.90 Å². The summed E-state index contributed by atoms with van der Waals surface area (Å²) in [6.07, 6.45) is -2.89. The van der Waals surface area contributed by atoms with Gasteiger partial charge in [-0.1, -0.05) is 0 Å². The third-order valence-electron chi connectivity index (χ3n) is 2.78. The Morgan fingerprint density at radius 3 is 2.39 bits per heavy atom. The van der Waals surface area contributed by atoms with E-state index in [1.165, 1.54) is 6.07 Å². The highest BCUT2D eigenvalue weighted by Gasteiger charge is 2.34. The number of carbonyl (C=O) groups is 1. The van der Waals surface area contributed by atoms with E-state index >= 15 is 0 Å². The zero-order chi connectivity index (χ0) is 13.3. The Hall–Kier alpha value is -1.79. The Kier molecular flexibility index (Phi) is 3.14. The molecule has 98 valence electrons. The molecular weight excluding hydrogens is 249 g/mol. The monoisotopic (exact) mass is 260 g/mol. The fourth-order valence-corrected chi connectivity index (χ4v) is 1.89. The number of anilines is 1. The van der Waals surface area contributed by atoms with E-state index in [2.05, 4.69) is 4.98 Å². The van der Waals surface area contributed by atoms with E-state index in [1.807, 2.05) is 0 Å². The first-order valence-electron chi connectivity index (χ1n) is 5.45. The first kappa shape index (κ1) is 12.7. The number of alkyl halides is 3. The van der Waals surface area contributed by atoms with Crippen molar-refractivity contribution in [2.24, 2.45) is 0 Å². The maximum Gasteiger partial charge on any atom is 0.433 e. The molecule has 1 aliphatic rings. The van der Waals surface area contributed by atoms with Crippen molar-refractivity contribution in [3.8, 4) is 0 Å². The van der Waals surface area contributed by atoms with E-state index in [0.717, 1.165) is 12.8 Å². The molecule has 2 heterocycles. The van der Waals surface area contributed by atoms with Crippen LogP contribution in [-0.2, 0) is 6.18 Å². The maximum atomic E-state index is 12.6. The van der Waals surface area contributed by atoms with Crippen LogP contribution in [-0.4, -0.2) is 29.1 Å². The zero-order valence-electron chi connectivity index (χ0n) is 9.37. The average Bonchev–Trinajstić information content (AvgIpc) is 2.80. The molecule has 0 aromatic carbocycles. The number of hydrogen-bond donors (Lipinski definition) is 1. The van der Waals surface area contributed by atoms with Gasteiger partial charge in [-0.25, -0.2) is 9.78 Å². The van der Waals surface area contributed by atoms with Gasteiger partial charge in [0.25, 0.3) is 0 Å². The van der Waals surface area contributed by atoms with Crippen LogP contribution >= 0.6 is 0 Å². The summed E-state index contributed by atoms with van der Waals surface area (Å²) in [6, 6.07) is 1.74. The minimum absolute atomic E-state index is 0.0831. The third kappa shape index (κ3) is 2.55. The lowest BCUT2D eigenvalue weighted by Crippen LogP contribution is -2.21. The first-order chi connectivity index (χ1) is 8.38. The van der Waals surface area contributed by atoms with Crippen molar-refractivity contribution >= 4 is 11.8 Å². The van der Waals surface area contributed by atoms with Crippen LogP contribution in [0.15, 0.2) is 12.1 Å². The van der Waals surface area contributed by atoms with Gasteiger partial charge in [0.1, 0.15) is 11.5 Å². The van der Waals surface area contributed by atoms with Crippen molar-refractivity contribution in [3.63, 3.8) is 0 Å². The summed E-state index contributed by atoms with van der Waals surface area (Å²) in [6.45, 7) is 1.21. The van der Waals surface area contributed by atoms with Gasteiger partial charge in [-0.2, -0.15) is 13.2 Å². The van der Waals surface area contributed by atoms with E-state index < -0.39 is 17.8 Å². The fraction of sp³-hybridized carbons (Fsp3) is 0.455. The van der Waals surface area contributed by atoms with Crippen molar-refractivity contribution in [1.82, 2.24) is 4.98 Å². The minimum Gasteiger partial charge on any atom is -0.478 e. The van der Waals surface area contributed by atoms with Gasteiger partial charge in [0.15, 0.2) is 0 Å². The lowest BCUT2D eigenvalue weighted by Gasteiger charge is -2.18. The van der Waals surface area contributed by atoms with Crippen molar-refractivity contribution in [1.29, 1.82) is 0 Å². The van der Waals surface area contributed by atoms with Crippen LogP contribution in [0.2, 0.25) is 0 Å². The van der Waals surface area contributed by atoms with E-state index in [9.17, 15) is 18.0 Å². The highest BCUT2D eigenvalue weighted by atomic mass is 19.4. The molecule has 1 N–H and O–H groups in total. The molecule has 1 saturated heterocycles. The van der Waals surface area contributed by atoms with Crippen LogP contribution in [0, 0.1) is 0 Å². The molecule has 1 aromatic rings. The molecule has 1 fully saturated rings. The second-order valence-corrected chi connectivity index (χ2v) is 4.10. The smallest absolute Gasteiger partial charge is 0.433 e. The molecule has 1 aliphatic heterocycles. The second-order valence-electron chi connectivity index (χ2n) is 4.10. The van der Waals surface area contributed by atoms with Gasteiger partial charge in [0.2, 0.25) is 0 Å². The molecule has 4 nitrogen and oxygen atoms in total. The number of halogens is 3. The molecule has 0 saturated carbocycles. The van der Waals surface area contributed by atoms with Crippen LogP contribution in [0.5, 0.6) is 0 Å². The van der Waals surface area contributed by atoms with Gasteiger partial charge < -0.3 is 10.0 Å². The SMILES string of the molecule is O=C(O)c1cc(N2CCCC2)nc(C(F)(F)F)c1. The summed E-state index contributed by atoms with van der Waals surface area (Å²) in [4.78, 5) is 16.0. The van der Waals surface area contributed by atoms with Crippen molar-refractivity contribution in [2.45, 2.75) is 19.0 Å². The summed E-state index contributed by atoms with van der Waals surface area (Å²) < 4.78 is 37.9. The topological polar surface area (TPSA) is 53.4 Å². The molecule has 0 bridgehead atoms. The number of hydrogen-bond acceptors (Lipinski definition) is 3. The Balaban J connectivity index is 2.45. The van der Waals surface area contributed by atoms with Gasteiger partial charge >= 0.3 is 12.1 Å². The van der Waals surface area contributed by atoms with Crippen molar-refractivity contribution < 1.29 is 23.1 Å². The molecule has 0 amide bonds. The quantitative estimate of drug-likeness (QED) is 0.887. The molecule has 18 heavy (non-hydrogen) atoms. The van der Waals surface area contributed by atoms with Gasteiger partial charge in [0.05, 0.1) is 5.56 Å². The highest BCUT2D eigenvalue weighted by molar-refractivity contribution is 5.88. The van der Waals surface area contributed by atoms with E-state index in [4.69, 9.17) is 5.11 Å². The molecule has 7 heteroatoms. The summed E-state index contributed by atoms with van der Waals surface area (Å²) in [7, 11) is 0. The molecule has 1 aromatic heterocycles. The molecule has 0 unspecified atom stereocenters. The molecule has 2 rings (SSSR count). The van der Waals surface area contributed by atoms with E-state index in [1.54, 1.807) is 4.90 Å². The predicted molar refractivity (Wildman–Crippen MR) is 57.6 cm³/mol. The van der Waals surface area contributed by atoms with Crippen LogP contribution in [0.25, 0.3) is 0 Å². The number of aromatic carboxylic acids is 1. The zero-order valence-corrected chi connectivity index (χ0v) is 9.37. The number of pyridine rings is 1. The Labute approximate surface area is 101 Å². The molecule has 0 radical (unpaired) electrons. The average molecular weight is 260 g/mol. The Morgan fingerprint density at radius 2 is 1.89 bits per heavy atom. The normalized spacial score (nSPS) is 16.1. The number of nitrogens with zero attached hydrogens (tertiary/aromatic N) is 2. The van der Waals surface area contributed by atoms with E-state index in [-0.39, 0.29) is 11.4 Å². The molecular formula is C11H11F3N2O2. The predicted octanol–water partition coefficient (Wildman–Crippen LogP) is 2.40. The lowest BCUT2D eigenvalue weighted by molar-refractivity contribution is -0.141. The lowest BCUT2D eigenvalue weighted by atomic mass is 10.2. The van der Waals surface area contributed by atoms with Crippen molar-refractivity contribution in [3.05, 3.63) is 23.4 Å². The summed E-state index contributed by atoms with van der Waals surface area (Å²) in [5.41, 5.74) is -1.55. The van der Waals surface area contributed by atoms with Gasteiger partial charge in [-0.3, -0.25) is 0 Å². The minimum atomic E-state index is -4.64. The summed E-state index contributed by atoms with van der Waals surface area (Å²) >= 11 is 0. The third-order valence-corrected chi connectivity index (χ3v) is 2.78. The van der Waals surface area contributed by atoms with Gasteiger partial charge in [-0.05, 0) is 25.0 Å². The highest BCUT2D eigenvalue weighted by Crippen LogP contribution is 2.31. The standard InChI is InChI=1S/C11H11F3N2O2/c12-11(13,14)8-5-7(10(17)18)6-9(15-8)16-3-1-2-4-16/h5-6H,1-4H2,(H,17,18). The van der Waals surface area contributed by atoms with Gasteiger partial charge in [-0.15, -0.1) is 0 Å². The van der Waals surface area contributed by atoms with Gasteiger partial charge in [0, 0.05) is 13.1 Å². The van der Waals surface area contributed by atoms with Crippen LogP contribution in [0.4, 0.5) is 19.0 Å². The summed E-state index contributed by atoms with van der Waals surface area (Å²) in [5, 5.41) is 8.83. The number of carboxylic acids is 1.